The van der Waals surface area contributed by atoms with Gasteiger partial charge in [0.1, 0.15) is 11.5 Å². The van der Waals surface area contributed by atoms with Crippen molar-refractivity contribution in [3.05, 3.63) is 71.3 Å². The topological polar surface area (TPSA) is 98.1 Å². The molecule has 6 nitrogen and oxygen atoms in total. The summed E-state index contributed by atoms with van der Waals surface area (Å²) in [5.41, 5.74) is 0.951. The molecule has 1 aliphatic heterocycles. The van der Waals surface area contributed by atoms with Crippen molar-refractivity contribution in [2.45, 2.75) is 6.04 Å². The lowest BCUT2D eigenvalue weighted by molar-refractivity contribution is -0.140. The van der Waals surface area contributed by atoms with Crippen LogP contribution in [0.4, 0.5) is 0 Å². The normalized spacial score (nSPS) is 19.4. The zero-order valence-electron chi connectivity index (χ0n) is 13.3. The summed E-state index contributed by atoms with van der Waals surface area (Å²) in [4.78, 5) is 26.1. The molecule has 128 valence electrons. The first kappa shape index (κ1) is 16.7. The molecule has 1 unspecified atom stereocenters. The van der Waals surface area contributed by atoms with E-state index in [0.29, 0.717) is 11.1 Å². The van der Waals surface area contributed by atoms with Gasteiger partial charge in [0.2, 0.25) is 0 Å². The molecule has 0 aromatic heterocycles. The molecule has 2 aromatic carbocycles. The quantitative estimate of drug-likeness (QED) is 0.448. The van der Waals surface area contributed by atoms with Crippen LogP contribution in [0, 0.1) is 0 Å². The molecule has 1 amide bonds. The van der Waals surface area contributed by atoms with Crippen molar-refractivity contribution in [1.82, 2.24) is 4.90 Å². The minimum atomic E-state index is -0.826. The second-order valence-electron chi connectivity index (χ2n) is 5.67. The number of aliphatic hydroxyl groups excluding tert-OH is 2. The van der Waals surface area contributed by atoms with Gasteiger partial charge in [0, 0.05) is 12.1 Å². The van der Waals surface area contributed by atoms with Crippen LogP contribution in [0.2, 0.25) is 0 Å². The van der Waals surface area contributed by atoms with Gasteiger partial charge >= 0.3 is 0 Å². The maximum absolute atomic E-state index is 12.5. The number of amides is 1. The number of likely N-dealkylation sites (tertiary alicyclic amines) is 1. The van der Waals surface area contributed by atoms with E-state index in [9.17, 15) is 24.9 Å². The molecule has 0 saturated carbocycles. The third-order valence-electron chi connectivity index (χ3n) is 4.14. The van der Waals surface area contributed by atoms with Crippen LogP contribution in [-0.2, 0) is 9.59 Å². The smallest absolute Gasteiger partial charge is 0.295 e. The molecular formula is C19H17NO5. The molecule has 3 rings (SSSR count). The zero-order chi connectivity index (χ0) is 18.0. The predicted molar refractivity (Wildman–Crippen MR) is 90.6 cm³/mol. The molecule has 1 heterocycles. The highest BCUT2D eigenvalue weighted by molar-refractivity contribution is 6.46. The molecule has 0 spiro atoms. The maximum atomic E-state index is 12.5. The van der Waals surface area contributed by atoms with Crippen LogP contribution in [-0.4, -0.2) is 45.1 Å². The first-order valence-electron chi connectivity index (χ1n) is 7.78. The van der Waals surface area contributed by atoms with E-state index >= 15 is 0 Å². The molecule has 0 bridgehead atoms. The first-order chi connectivity index (χ1) is 12.0. The highest BCUT2D eigenvalue weighted by atomic mass is 16.3. The van der Waals surface area contributed by atoms with E-state index in [1.165, 1.54) is 17.0 Å². The number of aromatic hydroxyl groups is 1. The number of carbonyl (C=O) groups is 2. The number of phenolic OH excluding ortho intramolecular Hbond substituents is 1. The zero-order valence-corrected chi connectivity index (χ0v) is 13.3. The van der Waals surface area contributed by atoms with Gasteiger partial charge in [-0.25, -0.2) is 0 Å². The number of Topliss-reactive ketones (excluding diaryl/α,β-unsaturated/α-hetero) is 1. The van der Waals surface area contributed by atoms with Crippen LogP contribution in [0.5, 0.6) is 5.75 Å². The largest absolute Gasteiger partial charge is 0.508 e. The number of hydrogen-bond acceptors (Lipinski definition) is 5. The summed E-state index contributed by atoms with van der Waals surface area (Å²) < 4.78 is 0. The van der Waals surface area contributed by atoms with Crippen LogP contribution in [0.15, 0.2) is 60.2 Å². The highest BCUT2D eigenvalue weighted by Gasteiger charge is 2.45. The van der Waals surface area contributed by atoms with Crippen LogP contribution in [0.1, 0.15) is 17.2 Å². The van der Waals surface area contributed by atoms with E-state index < -0.39 is 17.7 Å². The van der Waals surface area contributed by atoms with Gasteiger partial charge in [0.05, 0.1) is 18.2 Å². The molecule has 6 heteroatoms. The third kappa shape index (κ3) is 2.99. The number of carbonyl (C=O) groups excluding carboxylic acids is 2. The molecular weight excluding hydrogens is 322 g/mol. The van der Waals surface area contributed by atoms with Crippen LogP contribution in [0.3, 0.4) is 0 Å². The first-order valence-corrected chi connectivity index (χ1v) is 7.78. The van der Waals surface area contributed by atoms with E-state index in [1.54, 1.807) is 42.5 Å². The molecule has 0 aliphatic carbocycles. The van der Waals surface area contributed by atoms with Crippen LogP contribution >= 0.6 is 0 Å². The Bertz CT molecular complexity index is 827. The Hall–Kier alpha value is -3.12. The van der Waals surface area contributed by atoms with Gasteiger partial charge in [-0.1, -0.05) is 42.5 Å². The summed E-state index contributed by atoms with van der Waals surface area (Å²) in [5.74, 6) is -1.79. The summed E-state index contributed by atoms with van der Waals surface area (Å²) in [6.45, 7) is -0.353. The molecule has 1 fully saturated rings. The number of phenols is 1. The lowest BCUT2D eigenvalue weighted by Crippen LogP contribution is -2.32. The standard InChI is InChI=1S/C19H17NO5/c21-11-10-20-16(12-6-8-14(22)9-7-12)15(18(24)19(20)25)17(23)13-4-2-1-3-5-13/h1-9,16,21-23H,10-11H2/b17-15-. The van der Waals surface area contributed by atoms with Crippen molar-refractivity contribution >= 4 is 17.4 Å². The Kier molecular flexibility index (Phi) is 4.54. The summed E-state index contributed by atoms with van der Waals surface area (Å²) >= 11 is 0. The molecule has 0 radical (unpaired) electrons. The van der Waals surface area contributed by atoms with Crippen LogP contribution in [0.25, 0.3) is 5.76 Å². The van der Waals surface area contributed by atoms with Crippen LogP contribution < -0.4 is 0 Å². The Morgan fingerprint density at radius 3 is 2.24 bits per heavy atom. The number of ketones is 1. The van der Waals surface area contributed by atoms with Crippen molar-refractivity contribution in [3.63, 3.8) is 0 Å². The summed E-state index contributed by atoms with van der Waals surface area (Å²) in [7, 11) is 0. The molecule has 1 atom stereocenters. The van der Waals surface area contributed by atoms with Crippen molar-refractivity contribution in [1.29, 1.82) is 0 Å². The van der Waals surface area contributed by atoms with Crippen molar-refractivity contribution < 1.29 is 24.9 Å². The minimum absolute atomic E-state index is 0.0321. The van der Waals surface area contributed by atoms with Gasteiger partial charge in [-0.3, -0.25) is 9.59 Å². The van der Waals surface area contributed by atoms with E-state index in [1.807, 2.05) is 0 Å². The molecule has 1 saturated heterocycles. The lowest BCUT2D eigenvalue weighted by atomic mass is 9.95. The molecule has 2 aromatic rings. The average Bonchev–Trinajstić information content (AvgIpc) is 2.88. The van der Waals surface area contributed by atoms with Gasteiger partial charge in [0.25, 0.3) is 11.7 Å². The minimum Gasteiger partial charge on any atom is -0.508 e. The molecule has 1 aliphatic rings. The highest BCUT2D eigenvalue weighted by Crippen LogP contribution is 2.39. The van der Waals surface area contributed by atoms with Crippen molar-refractivity contribution in [2.24, 2.45) is 0 Å². The number of benzene rings is 2. The molecule has 3 N–H and O–H groups in total. The fourth-order valence-electron chi connectivity index (χ4n) is 2.97. The van der Waals surface area contributed by atoms with E-state index in [2.05, 4.69) is 0 Å². The lowest BCUT2D eigenvalue weighted by Gasteiger charge is -2.24. The Morgan fingerprint density at radius 2 is 1.64 bits per heavy atom. The summed E-state index contributed by atoms with van der Waals surface area (Å²) in [5, 5.41) is 29.4. The Balaban J connectivity index is 2.18. The number of β-amino-alcohol motifs (C(OH)–C–C–N with tert-alkyl or cyclic N) is 1. The van der Waals surface area contributed by atoms with Gasteiger partial charge in [-0.15, -0.1) is 0 Å². The maximum Gasteiger partial charge on any atom is 0.295 e. The fourth-order valence-corrected chi connectivity index (χ4v) is 2.97. The van der Waals surface area contributed by atoms with Gasteiger partial charge in [-0.2, -0.15) is 0 Å². The third-order valence-corrected chi connectivity index (χ3v) is 4.14. The van der Waals surface area contributed by atoms with E-state index in [4.69, 9.17) is 0 Å². The summed E-state index contributed by atoms with van der Waals surface area (Å²) in [6.07, 6.45) is 0. The number of rotatable bonds is 4. The molecule has 25 heavy (non-hydrogen) atoms. The number of aliphatic hydroxyl groups is 2. The average molecular weight is 339 g/mol. The Morgan fingerprint density at radius 1 is 1.00 bits per heavy atom. The monoisotopic (exact) mass is 339 g/mol. The van der Waals surface area contributed by atoms with E-state index in [0.717, 1.165) is 0 Å². The Labute approximate surface area is 144 Å². The van der Waals surface area contributed by atoms with Crippen molar-refractivity contribution in [2.75, 3.05) is 13.2 Å². The number of hydrogen-bond donors (Lipinski definition) is 3. The van der Waals surface area contributed by atoms with E-state index in [-0.39, 0.29) is 30.2 Å². The fraction of sp³-hybridized carbons (Fsp3) is 0.158. The van der Waals surface area contributed by atoms with Gasteiger partial charge < -0.3 is 20.2 Å². The summed E-state index contributed by atoms with van der Waals surface area (Å²) in [6, 6.07) is 13.7. The van der Waals surface area contributed by atoms with Gasteiger partial charge in [-0.05, 0) is 17.7 Å². The second-order valence-corrected chi connectivity index (χ2v) is 5.67. The van der Waals surface area contributed by atoms with Gasteiger partial charge in [0.15, 0.2) is 0 Å². The number of nitrogens with zero attached hydrogens (tertiary/aromatic N) is 1. The SMILES string of the molecule is O=C1C(=O)N(CCO)C(c2ccc(O)cc2)/C1=C(/O)c1ccccc1. The second kappa shape index (κ2) is 6.78. The van der Waals surface area contributed by atoms with Crippen molar-refractivity contribution in [3.8, 4) is 5.75 Å². The predicted octanol–water partition coefficient (Wildman–Crippen LogP) is 1.81.